The fraction of sp³-hybridized carbons (Fsp3) is 0.424. The Balaban J connectivity index is 1.96. The number of hydrogen-bond donors (Lipinski definition) is 2. The van der Waals surface area contributed by atoms with Gasteiger partial charge in [-0.2, -0.15) is 5.10 Å². The molecule has 0 bridgehead atoms. The summed E-state index contributed by atoms with van der Waals surface area (Å²) in [4.78, 5) is 51.1. The highest BCUT2D eigenvalue weighted by Crippen LogP contribution is 2.39. The maximum Gasteiger partial charge on any atom is 0.407 e. The number of aromatic nitrogens is 2. The maximum absolute atomic E-state index is 13.8. The molecule has 1 atom stereocenters. The Hall–Kier alpha value is -4.94. The summed E-state index contributed by atoms with van der Waals surface area (Å²) in [6.45, 7) is 10.1. The predicted molar refractivity (Wildman–Crippen MR) is 168 cm³/mol. The molecule has 0 aliphatic rings. The summed E-state index contributed by atoms with van der Waals surface area (Å²) in [5, 5.41) is 9.85. The topological polar surface area (TPSA) is 147 Å². The van der Waals surface area contributed by atoms with Crippen LogP contribution in [0.5, 0.6) is 11.5 Å². The summed E-state index contributed by atoms with van der Waals surface area (Å²) in [5.74, 6) is -2.16. The standard InChI is InChI=1S/C33H41FN4O8/c1-32(2,3)45-30(41)25(39)18-21(16-17-35-31(42)46-33(4,5)6)36-29(40)23-19-24(28-26(43-7)10-9-11-27(28)44-8)38(37-23)22-14-12-20(34)13-15-22/h9-15,19,21H,16-18H2,1-8H3,(H,35,42)(H,36,40)/t21-/m0/s1. The Kier molecular flexibility index (Phi) is 11.5. The molecular formula is C33H41FN4O8. The molecule has 0 saturated carbocycles. The smallest absolute Gasteiger partial charge is 0.407 e. The fourth-order valence-corrected chi connectivity index (χ4v) is 4.34. The number of halogens is 1. The average molecular weight is 641 g/mol. The molecule has 2 N–H and O–H groups in total. The molecule has 0 radical (unpaired) electrons. The molecule has 0 saturated heterocycles. The van der Waals surface area contributed by atoms with E-state index in [9.17, 15) is 23.6 Å². The van der Waals surface area contributed by atoms with Gasteiger partial charge in [-0.25, -0.2) is 18.7 Å². The Bertz CT molecular complexity index is 1530. The molecule has 3 aromatic rings. The maximum atomic E-state index is 13.8. The van der Waals surface area contributed by atoms with Crippen LogP contribution in [0.1, 0.15) is 64.9 Å². The van der Waals surface area contributed by atoms with Gasteiger partial charge in [-0.15, -0.1) is 0 Å². The lowest BCUT2D eigenvalue weighted by Crippen LogP contribution is -2.42. The van der Waals surface area contributed by atoms with Gasteiger partial charge >= 0.3 is 12.1 Å². The van der Waals surface area contributed by atoms with Crippen LogP contribution in [0.15, 0.2) is 48.5 Å². The minimum atomic E-state index is -1.04. The summed E-state index contributed by atoms with van der Waals surface area (Å²) in [6, 6.07) is 11.3. The first-order chi connectivity index (χ1) is 21.5. The van der Waals surface area contributed by atoms with Crippen molar-refractivity contribution in [1.29, 1.82) is 0 Å². The monoisotopic (exact) mass is 640 g/mol. The quantitative estimate of drug-likeness (QED) is 0.206. The van der Waals surface area contributed by atoms with Crippen molar-refractivity contribution >= 4 is 23.8 Å². The number of alkyl carbamates (subject to hydrolysis) is 1. The SMILES string of the molecule is COc1cccc(OC)c1-c1cc(C(=O)N[C@@H](CCNC(=O)OC(C)(C)C)CC(=O)C(=O)OC(C)(C)C)nn1-c1ccc(F)cc1. The Morgan fingerprint density at radius 2 is 1.48 bits per heavy atom. The van der Waals surface area contributed by atoms with Crippen molar-refractivity contribution in [3.05, 3.63) is 60.0 Å². The van der Waals surface area contributed by atoms with Crippen LogP contribution in [0.3, 0.4) is 0 Å². The van der Waals surface area contributed by atoms with E-state index in [0.29, 0.717) is 28.4 Å². The van der Waals surface area contributed by atoms with Crippen LogP contribution in [0.2, 0.25) is 0 Å². The van der Waals surface area contributed by atoms with Crippen LogP contribution in [-0.2, 0) is 19.1 Å². The van der Waals surface area contributed by atoms with Crippen LogP contribution in [-0.4, -0.2) is 71.5 Å². The lowest BCUT2D eigenvalue weighted by Gasteiger charge is -2.22. The molecule has 0 fully saturated rings. The summed E-state index contributed by atoms with van der Waals surface area (Å²) in [6.07, 6.45) is -1.00. The van der Waals surface area contributed by atoms with E-state index >= 15 is 0 Å². The summed E-state index contributed by atoms with van der Waals surface area (Å²) >= 11 is 0. The molecule has 3 rings (SSSR count). The van der Waals surface area contributed by atoms with E-state index in [1.807, 2.05) is 0 Å². The average Bonchev–Trinajstić information content (AvgIpc) is 3.40. The Morgan fingerprint density at radius 3 is 2.02 bits per heavy atom. The number of methoxy groups -OCH3 is 2. The van der Waals surface area contributed by atoms with Gasteiger partial charge in [0.15, 0.2) is 5.69 Å². The summed E-state index contributed by atoms with van der Waals surface area (Å²) in [7, 11) is 2.98. The molecule has 0 spiro atoms. The molecule has 0 aliphatic heterocycles. The number of ether oxygens (including phenoxy) is 4. The van der Waals surface area contributed by atoms with Crippen LogP contribution in [0.25, 0.3) is 16.9 Å². The van der Waals surface area contributed by atoms with Gasteiger partial charge in [0.1, 0.15) is 28.5 Å². The first-order valence-electron chi connectivity index (χ1n) is 14.6. The molecule has 2 amide bonds. The fourth-order valence-electron chi connectivity index (χ4n) is 4.34. The number of carbonyl (C=O) groups is 4. The molecular weight excluding hydrogens is 599 g/mol. The Morgan fingerprint density at radius 1 is 0.891 bits per heavy atom. The number of nitrogens with zero attached hydrogens (tertiary/aromatic N) is 2. The third kappa shape index (κ3) is 10.0. The minimum absolute atomic E-state index is 0.0230. The highest BCUT2D eigenvalue weighted by Gasteiger charge is 2.28. The number of nitrogens with one attached hydrogen (secondary N) is 2. The van der Waals surface area contributed by atoms with Gasteiger partial charge in [0.05, 0.1) is 31.2 Å². The highest BCUT2D eigenvalue weighted by molar-refractivity contribution is 6.33. The number of carbonyl (C=O) groups excluding carboxylic acids is 4. The molecule has 1 aromatic heterocycles. The minimum Gasteiger partial charge on any atom is -0.496 e. The molecule has 12 nitrogen and oxygen atoms in total. The van der Waals surface area contributed by atoms with Gasteiger partial charge < -0.3 is 29.6 Å². The zero-order valence-electron chi connectivity index (χ0n) is 27.4. The van der Waals surface area contributed by atoms with Crippen molar-refractivity contribution in [1.82, 2.24) is 20.4 Å². The van der Waals surface area contributed by atoms with Gasteiger partial charge in [0.2, 0.25) is 5.78 Å². The van der Waals surface area contributed by atoms with Crippen molar-refractivity contribution in [2.45, 2.75) is 71.6 Å². The highest BCUT2D eigenvalue weighted by atomic mass is 19.1. The van der Waals surface area contributed by atoms with Crippen LogP contribution in [0, 0.1) is 5.82 Å². The van der Waals surface area contributed by atoms with E-state index in [2.05, 4.69) is 15.7 Å². The van der Waals surface area contributed by atoms with Gasteiger partial charge in [0, 0.05) is 19.0 Å². The van der Waals surface area contributed by atoms with Crippen molar-refractivity contribution in [3.63, 3.8) is 0 Å². The zero-order valence-corrected chi connectivity index (χ0v) is 27.4. The van der Waals surface area contributed by atoms with Crippen molar-refractivity contribution in [2.75, 3.05) is 20.8 Å². The van der Waals surface area contributed by atoms with Crippen LogP contribution < -0.4 is 20.1 Å². The second-order valence-electron chi connectivity index (χ2n) is 12.4. The van der Waals surface area contributed by atoms with E-state index in [4.69, 9.17) is 18.9 Å². The molecule has 46 heavy (non-hydrogen) atoms. The van der Waals surface area contributed by atoms with Gasteiger partial charge in [-0.05, 0) is 90.4 Å². The first-order valence-corrected chi connectivity index (χ1v) is 14.6. The van der Waals surface area contributed by atoms with Crippen LogP contribution >= 0.6 is 0 Å². The van der Waals surface area contributed by atoms with E-state index in [-0.39, 0.29) is 18.7 Å². The molecule has 0 aliphatic carbocycles. The zero-order chi connectivity index (χ0) is 34.2. The molecule has 0 unspecified atom stereocenters. The molecule has 2 aromatic carbocycles. The van der Waals surface area contributed by atoms with Gasteiger partial charge in [-0.1, -0.05) is 6.07 Å². The molecule has 248 valence electrons. The lowest BCUT2D eigenvalue weighted by atomic mass is 10.1. The summed E-state index contributed by atoms with van der Waals surface area (Å²) < 4.78 is 36.8. The number of hydrogen-bond acceptors (Lipinski definition) is 9. The first kappa shape index (κ1) is 35.5. The number of benzene rings is 2. The van der Waals surface area contributed by atoms with Crippen molar-refractivity contribution in [2.24, 2.45) is 0 Å². The van der Waals surface area contributed by atoms with E-state index in [1.165, 1.54) is 49.2 Å². The largest absolute Gasteiger partial charge is 0.496 e. The molecule has 1 heterocycles. The van der Waals surface area contributed by atoms with Crippen molar-refractivity contribution < 1.29 is 42.5 Å². The Labute approximate surface area is 267 Å². The molecule has 13 heteroatoms. The van der Waals surface area contributed by atoms with Crippen molar-refractivity contribution in [3.8, 4) is 28.4 Å². The van der Waals surface area contributed by atoms with Gasteiger partial charge in [0.25, 0.3) is 5.91 Å². The lowest BCUT2D eigenvalue weighted by molar-refractivity contribution is -0.162. The van der Waals surface area contributed by atoms with E-state index in [0.717, 1.165) is 0 Å². The third-order valence-electron chi connectivity index (χ3n) is 6.25. The summed E-state index contributed by atoms with van der Waals surface area (Å²) in [5.41, 5.74) is -0.341. The second-order valence-corrected chi connectivity index (χ2v) is 12.4. The van der Waals surface area contributed by atoms with E-state index in [1.54, 1.807) is 59.7 Å². The van der Waals surface area contributed by atoms with Crippen LogP contribution in [0.4, 0.5) is 9.18 Å². The number of Topliss-reactive ketones (excluding diaryl/α,β-unsaturated/α-hetero) is 1. The van der Waals surface area contributed by atoms with Gasteiger partial charge in [-0.3, -0.25) is 9.59 Å². The predicted octanol–water partition coefficient (Wildman–Crippen LogP) is 5.01. The third-order valence-corrected chi connectivity index (χ3v) is 6.25. The number of rotatable bonds is 12. The van der Waals surface area contributed by atoms with E-state index < -0.39 is 53.2 Å². The number of ketones is 1. The second kappa shape index (κ2) is 14.9. The number of amides is 2. The number of esters is 1. The normalized spacial score (nSPS) is 12.1.